The van der Waals surface area contributed by atoms with Crippen molar-refractivity contribution in [1.82, 2.24) is 15.1 Å². The molecule has 1 aromatic carbocycles. The van der Waals surface area contributed by atoms with Crippen LogP contribution in [0.4, 0.5) is 4.39 Å². The maximum atomic E-state index is 13.6. The Morgan fingerprint density at radius 2 is 1.90 bits per heavy atom. The van der Waals surface area contributed by atoms with E-state index >= 15 is 0 Å². The molecule has 4 heteroatoms. The van der Waals surface area contributed by atoms with Crippen molar-refractivity contribution in [1.29, 1.82) is 0 Å². The van der Waals surface area contributed by atoms with E-state index in [9.17, 15) is 4.39 Å². The third-order valence-electron chi connectivity index (χ3n) is 3.65. The van der Waals surface area contributed by atoms with Crippen LogP contribution in [-0.2, 0) is 0 Å². The smallest absolute Gasteiger partial charge is 0.123 e. The number of aryl methyl sites for hydroxylation is 1. The Labute approximate surface area is 119 Å². The molecular formula is C16H22FN3. The Hall–Kier alpha value is -1.68. The Kier molecular flexibility index (Phi) is 4.23. The molecule has 0 amide bonds. The first kappa shape index (κ1) is 14.7. The summed E-state index contributed by atoms with van der Waals surface area (Å²) in [5.41, 5.74) is 3.92. The average molecular weight is 275 g/mol. The monoisotopic (exact) mass is 275 g/mol. The molecule has 1 heterocycles. The Balaban J connectivity index is 2.59. The molecule has 2 aromatic rings. The van der Waals surface area contributed by atoms with Gasteiger partial charge in [-0.1, -0.05) is 6.07 Å². The zero-order valence-corrected chi connectivity index (χ0v) is 12.7. The first-order chi connectivity index (χ1) is 9.43. The lowest BCUT2D eigenvalue weighted by molar-refractivity contribution is 0.529. The van der Waals surface area contributed by atoms with E-state index in [2.05, 4.69) is 31.2 Å². The minimum atomic E-state index is -0.219. The summed E-state index contributed by atoms with van der Waals surface area (Å²) in [5.74, 6) is -0.219. The molecule has 108 valence electrons. The summed E-state index contributed by atoms with van der Waals surface area (Å²) in [6.45, 7) is 8.20. The number of benzene rings is 1. The fourth-order valence-electron chi connectivity index (χ4n) is 2.31. The molecule has 1 unspecified atom stereocenters. The first-order valence-electron chi connectivity index (χ1n) is 6.97. The highest BCUT2D eigenvalue weighted by atomic mass is 19.1. The van der Waals surface area contributed by atoms with Crippen LogP contribution in [0.25, 0.3) is 11.1 Å². The molecule has 0 aliphatic carbocycles. The summed E-state index contributed by atoms with van der Waals surface area (Å²) < 4.78 is 15.6. The molecule has 0 aliphatic heterocycles. The number of nitrogens with one attached hydrogen (secondary N) is 1. The molecule has 20 heavy (non-hydrogen) atoms. The van der Waals surface area contributed by atoms with E-state index in [1.165, 1.54) is 6.07 Å². The van der Waals surface area contributed by atoms with Gasteiger partial charge in [0.05, 0.1) is 5.69 Å². The lowest BCUT2D eigenvalue weighted by atomic mass is 9.96. The number of nitrogens with zero attached hydrogens (tertiary/aromatic N) is 2. The molecule has 2 rings (SSSR count). The Morgan fingerprint density at radius 1 is 1.20 bits per heavy atom. The number of halogens is 1. The molecule has 1 aromatic heterocycles. The average Bonchev–Trinajstić information content (AvgIpc) is 2.80. The predicted molar refractivity (Wildman–Crippen MR) is 80.2 cm³/mol. The molecule has 1 atom stereocenters. The SMILES string of the molecule is CNC(C)c1ccc(F)cc1-c1cn(C(C)C)nc1C. The van der Waals surface area contributed by atoms with Crippen molar-refractivity contribution >= 4 is 0 Å². The molecule has 0 saturated heterocycles. The number of hydrogen-bond donors (Lipinski definition) is 1. The molecule has 3 nitrogen and oxygen atoms in total. The zero-order valence-electron chi connectivity index (χ0n) is 12.7. The van der Waals surface area contributed by atoms with Crippen molar-refractivity contribution in [2.24, 2.45) is 0 Å². The second-order valence-corrected chi connectivity index (χ2v) is 5.44. The van der Waals surface area contributed by atoms with Gasteiger partial charge in [0.15, 0.2) is 0 Å². The van der Waals surface area contributed by atoms with E-state index in [4.69, 9.17) is 0 Å². The third-order valence-corrected chi connectivity index (χ3v) is 3.65. The van der Waals surface area contributed by atoms with Crippen LogP contribution in [0.15, 0.2) is 24.4 Å². The summed E-state index contributed by atoms with van der Waals surface area (Å²) in [4.78, 5) is 0. The normalized spacial score (nSPS) is 12.9. The van der Waals surface area contributed by atoms with Crippen LogP contribution in [0, 0.1) is 12.7 Å². The van der Waals surface area contributed by atoms with Crippen LogP contribution in [0.5, 0.6) is 0 Å². The molecule has 0 aliphatic rings. The lowest BCUT2D eigenvalue weighted by Gasteiger charge is -2.15. The zero-order chi connectivity index (χ0) is 14.9. The number of aromatic nitrogens is 2. The minimum absolute atomic E-state index is 0.160. The molecule has 0 saturated carbocycles. The quantitative estimate of drug-likeness (QED) is 0.918. The van der Waals surface area contributed by atoms with Crippen LogP contribution in [-0.4, -0.2) is 16.8 Å². The third kappa shape index (κ3) is 2.75. The van der Waals surface area contributed by atoms with Crippen molar-refractivity contribution < 1.29 is 4.39 Å². The highest BCUT2D eigenvalue weighted by Crippen LogP contribution is 2.31. The molecule has 0 radical (unpaired) electrons. The first-order valence-corrected chi connectivity index (χ1v) is 6.97. The molecule has 0 bridgehead atoms. The van der Waals surface area contributed by atoms with Gasteiger partial charge in [-0.05, 0) is 58.0 Å². The number of hydrogen-bond acceptors (Lipinski definition) is 2. The van der Waals surface area contributed by atoms with Crippen LogP contribution < -0.4 is 5.32 Å². The highest BCUT2D eigenvalue weighted by Gasteiger charge is 2.16. The largest absolute Gasteiger partial charge is 0.313 e. The highest BCUT2D eigenvalue weighted by molar-refractivity contribution is 5.69. The van der Waals surface area contributed by atoms with Crippen molar-refractivity contribution in [3.8, 4) is 11.1 Å². The molecule has 0 spiro atoms. The second-order valence-electron chi connectivity index (χ2n) is 5.44. The van der Waals surface area contributed by atoms with Gasteiger partial charge in [0.2, 0.25) is 0 Å². The Bertz CT molecular complexity index is 602. The minimum Gasteiger partial charge on any atom is -0.313 e. The van der Waals surface area contributed by atoms with Crippen molar-refractivity contribution in [2.45, 2.75) is 39.8 Å². The van der Waals surface area contributed by atoms with Gasteiger partial charge in [-0.25, -0.2) is 4.39 Å². The van der Waals surface area contributed by atoms with Gasteiger partial charge in [-0.15, -0.1) is 0 Å². The van der Waals surface area contributed by atoms with Crippen molar-refractivity contribution in [3.63, 3.8) is 0 Å². The maximum absolute atomic E-state index is 13.6. The van der Waals surface area contributed by atoms with Crippen molar-refractivity contribution in [2.75, 3.05) is 7.05 Å². The summed E-state index contributed by atoms with van der Waals surface area (Å²) >= 11 is 0. The molecular weight excluding hydrogens is 253 g/mol. The van der Waals surface area contributed by atoms with Gasteiger partial charge in [0.25, 0.3) is 0 Å². The van der Waals surface area contributed by atoms with Gasteiger partial charge < -0.3 is 5.32 Å². The second kappa shape index (κ2) is 5.75. The van der Waals surface area contributed by atoms with E-state index in [0.29, 0.717) is 6.04 Å². The Morgan fingerprint density at radius 3 is 2.45 bits per heavy atom. The summed E-state index contributed by atoms with van der Waals surface area (Å²) in [5, 5.41) is 7.73. The fourth-order valence-corrected chi connectivity index (χ4v) is 2.31. The number of rotatable bonds is 4. The van der Waals surface area contributed by atoms with Gasteiger partial charge in [-0.3, -0.25) is 4.68 Å². The topological polar surface area (TPSA) is 29.9 Å². The lowest BCUT2D eigenvalue weighted by Crippen LogP contribution is -2.13. The standard InChI is InChI=1S/C16H22FN3/c1-10(2)20-9-16(12(4)19-20)15-8-13(17)6-7-14(15)11(3)18-5/h6-11,18H,1-5H3. The van der Waals surface area contributed by atoms with E-state index in [0.717, 1.165) is 22.4 Å². The van der Waals surface area contributed by atoms with Gasteiger partial charge in [0, 0.05) is 23.8 Å². The molecule has 1 N–H and O–H groups in total. The summed E-state index contributed by atoms with van der Waals surface area (Å²) in [6.07, 6.45) is 2.00. The maximum Gasteiger partial charge on any atom is 0.123 e. The van der Waals surface area contributed by atoms with Crippen molar-refractivity contribution in [3.05, 3.63) is 41.5 Å². The van der Waals surface area contributed by atoms with Gasteiger partial charge >= 0.3 is 0 Å². The van der Waals surface area contributed by atoms with E-state index in [1.54, 1.807) is 6.07 Å². The van der Waals surface area contributed by atoms with E-state index in [-0.39, 0.29) is 11.9 Å². The van der Waals surface area contributed by atoms with Gasteiger partial charge in [0.1, 0.15) is 5.82 Å². The summed E-state index contributed by atoms with van der Waals surface area (Å²) in [6, 6.07) is 5.40. The van der Waals surface area contributed by atoms with Crippen LogP contribution in [0.1, 0.15) is 44.1 Å². The van der Waals surface area contributed by atoms with Crippen LogP contribution in [0.3, 0.4) is 0 Å². The summed E-state index contributed by atoms with van der Waals surface area (Å²) in [7, 11) is 1.90. The van der Waals surface area contributed by atoms with E-state index < -0.39 is 0 Å². The van der Waals surface area contributed by atoms with Crippen LogP contribution >= 0.6 is 0 Å². The van der Waals surface area contributed by atoms with Crippen LogP contribution in [0.2, 0.25) is 0 Å². The predicted octanol–water partition coefficient (Wildman–Crippen LogP) is 3.86. The molecule has 0 fully saturated rings. The fraction of sp³-hybridized carbons (Fsp3) is 0.438. The van der Waals surface area contributed by atoms with E-state index in [1.807, 2.05) is 30.9 Å². The van der Waals surface area contributed by atoms with Gasteiger partial charge in [-0.2, -0.15) is 5.10 Å².